The summed E-state index contributed by atoms with van der Waals surface area (Å²) in [6.45, 7) is 4.11. The predicted octanol–water partition coefficient (Wildman–Crippen LogP) is 4.13. The van der Waals surface area contributed by atoms with Gasteiger partial charge in [0.15, 0.2) is 0 Å². The first-order valence-electron chi connectivity index (χ1n) is 9.36. The van der Waals surface area contributed by atoms with Gasteiger partial charge in [-0.25, -0.2) is 0 Å². The number of likely N-dealkylation sites (N-methyl/N-ethyl adjacent to an activating group) is 1. The first-order chi connectivity index (χ1) is 13.2. The fourth-order valence-corrected chi connectivity index (χ4v) is 5.52. The zero-order valence-corrected chi connectivity index (χ0v) is 17.2. The van der Waals surface area contributed by atoms with Gasteiger partial charge < -0.3 is 9.80 Å². The quantitative estimate of drug-likeness (QED) is 0.732. The number of rotatable bonds is 3. The molecule has 1 fully saturated rings. The van der Waals surface area contributed by atoms with E-state index in [1.165, 1.54) is 11.1 Å². The minimum absolute atomic E-state index is 0.572. The van der Waals surface area contributed by atoms with Gasteiger partial charge >= 0.3 is 0 Å². The molecule has 1 heterocycles. The van der Waals surface area contributed by atoms with Gasteiger partial charge in [0.05, 0.1) is 6.07 Å². The Morgan fingerprint density at radius 2 is 1.59 bits per heavy atom. The summed E-state index contributed by atoms with van der Waals surface area (Å²) in [7, 11) is 2.15. The van der Waals surface area contributed by atoms with Gasteiger partial charge in [-0.05, 0) is 35.7 Å². The Balaban J connectivity index is 1.52. The van der Waals surface area contributed by atoms with E-state index in [9.17, 15) is 5.26 Å². The van der Waals surface area contributed by atoms with Gasteiger partial charge in [-0.3, -0.25) is 0 Å². The lowest BCUT2D eigenvalue weighted by Crippen LogP contribution is -2.45. The Kier molecular flexibility index (Phi) is 5.23. The van der Waals surface area contributed by atoms with E-state index >= 15 is 0 Å². The number of piperazine rings is 1. The molecule has 0 aromatic heterocycles. The highest BCUT2D eigenvalue weighted by atomic mass is 32.2. The minimum Gasteiger partial charge on any atom is -0.355 e. The number of hydrogen-bond acceptors (Lipinski definition) is 4. The molecule has 5 heteroatoms. The van der Waals surface area contributed by atoms with Gasteiger partial charge in [0.2, 0.25) is 0 Å². The maximum Gasteiger partial charge on any atom is 0.136 e. The van der Waals surface area contributed by atoms with Crippen LogP contribution in [0.1, 0.15) is 17.5 Å². The fourth-order valence-electron chi connectivity index (χ4n) is 4.14. The number of nitriles is 1. The van der Waals surface area contributed by atoms with Gasteiger partial charge in [-0.15, -0.1) is 0 Å². The summed E-state index contributed by atoms with van der Waals surface area (Å²) in [5.41, 5.74) is 4.10. The van der Waals surface area contributed by atoms with Crippen molar-refractivity contribution in [2.45, 2.75) is 11.8 Å². The summed E-state index contributed by atoms with van der Waals surface area (Å²) < 4.78 is 0.968. The Labute approximate surface area is 171 Å². The molecule has 1 saturated heterocycles. The maximum atomic E-state index is 10.2. The summed E-state index contributed by atoms with van der Waals surface area (Å²) in [6.07, 6.45) is 0.774. The molecule has 0 saturated carbocycles. The average molecular weight is 394 g/mol. The van der Waals surface area contributed by atoms with E-state index in [2.05, 4.69) is 59.3 Å². The van der Waals surface area contributed by atoms with Crippen LogP contribution in [0.25, 0.3) is 11.1 Å². The summed E-state index contributed by atoms with van der Waals surface area (Å²) in [5.74, 6) is 0.849. The monoisotopic (exact) mass is 393 g/mol. The second-order valence-electron chi connectivity index (χ2n) is 7.26. The van der Waals surface area contributed by atoms with E-state index in [1.807, 2.05) is 12.1 Å². The zero-order chi connectivity index (χ0) is 18.9. The van der Waals surface area contributed by atoms with Crippen LogP contribution in [0.2, 0.25) is 0 Å². The Morgan fingerprint density at radius 1 is 1.04 bits per heavy atom. The van der Waals surface area contributed by atoms with E-state index in [1.54, 1.807) is 11.8 Å². The highest BCUT2D eigenvalue weighted by molar-refractivity contribution is 8.22. The van der Waals surface area contributed by atoms with Gasteiger partial charge in [0.25, 0.3) is 0 Å². The molecule has 0 unspecified atom stereocenters. The molecule has 2 aliphatic rings. The van der Waals surface area contributed by atoms with Crippen molar-refractivity contribution in [3.63, 3.8) is 0 Å². The van der Waals surface area contributed by atoms with Crippen LogP contribution in [0, 0.1) is 11.3 Å². The molecule has 0 spiro atoms. The van der Waals surface area contributed by atoms with Gasteiger partial charge in [0, 0.05) is 31.9 Å². The lowest BCUT2D eigenvalue weighted by atomic mass is 9.77. The van der Waals surface area contributed by atoms with Crippen LogP contribution in [0.3, 0.4) is 0 Å². The second kappa shape index (κ2) is 7.63. The highest BCUT2D eigenvalue weighted by Crippen LogP contribution is 2.50. The third kappa shape index (κ3) is 3.27. The van der Waals surface area contributed by atoms with Crippen molar-refractivity contribution in [2.24, 2.45) is 0 Å². The number of thioether (sulfide) groups is 1. The van der Waals surface area contributed by atoms with Gasteiger partial charge in [0.1, 0.15) is 9.74 Å². The number of nitrogens with zero attached hydrogens (tertiary/aromatic N) is 3. The van der Waals surface area contributed by atoms with E-state index in [0.29, 0.717) is 0 Å². The summed E-state index contributed by atoms with van der Waals surface area (Å²) in [5, 5.41) is 10.2. The largest absolute Gasteiger partial charge is 0.355 e. The van der Waals surface area contributed by atoms with Crippen LogP contribution in [0.5, 0.6) is 0 Å². The summed E-state index contributed by atoms with van der Waals surface area (Å²) in [6, 6.07) is 19.4. The average Bonchev–Trinajstić information content (AvgIpc) is 2.99. The summed E-state index contributed by atoms with van der Waals surface area (Å²) >= 11 is 7.39. The number of benzene rings is 2. The number of fused-ring (bicyclic) bond motifs is 3. The van der Waals surface area contributed by atoms with Crippen molar-refractivity contribution in [1.82, 2.24) is 9.80 Å². The predicted molar refractivity (Wildman–Crippen MR) is 117 cm³/mol. The molecule has 0 bridgehead atoms. The van der Waals surface area contributed by atoms with Gasteiger partial charge in [-0.2, -0.15) is 5.26 Å². The van der Waals surface area contributed by atoms with Crippen LogP contribution in [0.4, 0.5) is 0 Å². The topological polar surface area (TPSA) is 30.3 Å². The second-order valence-corrected chi connectivity index (χ2v) is 8.99. The highest BCUT2D eigenvalue weighted by Gasteiger charge is 2.43. The van der Waals surface area contributed by atoms with Crippen LogP contribution in [-0.4, -0.2) is 53.1 Å². The standard InChI is InChI=1S/C22H23N3S2/c1-24-11-13-25(14-12-24)21(26)27-15-10-22(16-23)19-8-4-2-6-17(19)18-7-3-5-9-20(18)22/h2-9H,10-15H2,1H3. The number of thiocarbonyl (C=S) groups is 1. The summed E-state index contributed by atoms with van der Waals surface area (Å²) in [4.78, 5) is 4.64. The molecule has 4 rings (SSSR count). The third-order valence-electron chi connectivity index (χ3n) is 5.72. The van der Waals surface area contributed by atoms with Crippen molar-refractivity contribution in [1.29, 1.82) is 5.26 Å². The molecule has 138 valence electrons. The molecular formula is C22H23N3S2. The van der Waals surface area contributed by atoms with E-state index in [4.69, 9.17) is 12.2 Å². The van der Waals surface area contributed by atoms with Gasteiger partial charge in [-0.1, -0.05) is 72.5 Å². The van der Waals surface area contributed by atoms with Crippen LogP contribution >= 0.6 is 24.0 Å². The Bertz CT molecular complexity index is 849. The van der Waals surface area contributed by atoms with Crippen molar-refractivity contribution < 1.29 is 0 Å². The van der Waals surface area contributed by atoms with Crippen LogP contribution in [0.15, 0.2) is 48.5 Å². The molecule has 2 aromatic rings. The Hall–Kier alpha value is -1.87. The molecule has 3 nitrogen and oxygen atoms in total. The first-order valence-corrected chi connectivity index (χ1v) is 10.8. The molecule has 1 aliphatic carbocycles. The van der Waals surface area contributed by atoms with Crippen molar-refractivity contribution in [2.75, 3.05) is 39.0 Å². The SMILES string of the molecule is CN1CCN(C(=S)SCCC2(C#N)c3ccccc3-c3ccccc32)CC1. The molecule has 0 amide bonds. The molecule has 0 N–H and O–H groups in total. The normalized spacial score (nSPS) is 17.9. The minimum atomic E-state index is -0.572. The smallest absolute Gasteiger partial charge is 0.136 e. The van der Waals surface area contributed by atoms with E-state index in [-0.39, 0.29) is 0 Å². The molecule has 0 radical (unpaired) electrons. The lowest BCUT2D eigenvalue weighted by molar-refractivity contribution is 0.220. The van der Waals surface area contributed by atoms with Crippen molar-refractivity contribution in [3.05, 3.63) is 59.7 Å². The lowest BCUT2D eigenvalue weighted by Gasteiger charge is -2.34. The molecule has 0 atom stereocenters. The molecule has 1 aliphatic heterocycles. The maximum absolute atomic E-state index is 10.2. The van der Waals surface area contributed by atoms with Crippen LogP contribution < -0.4 is 0 Å². The molecule has 2 aromatic carbocycles. The van der Waals surface area contributed by atoms with Crippen LogP contribution in [-0.2, 0) is 5.41 Å². The number of hydrogen-bond donors (Lipinski definition) is 0. The third-order valence-corrected chi connectivity index (χ3v) is 7.24. The van der Waals surface area contributed by atoms with Crippen molar-refractivity contribution >= 4 is 28.3 Å². The first kappa shape index (κ1) is 18.5. The molecular weight excluding hydrogens is 370 g/mol. The van der Waals surface area contributed by atoms with Crippen molar-refractivity contribution in [3.8, 4) is 17.2 Å². The zero-order valence-electron chi connectivity index (χ0n) is 15.5. The van der Waals surface area contributed by atoms with E-state index < -0.39 is 5.41 Å². The Morgan fingerprint density at radius 3 is 2.15 bits per heavy atom. The molecule has 27 heavy (non-hydrogen) atoms. The van der Waals surface area contributed by atoms with E-state index in [0.717, 1.165) is 53.8 Å². The fraction of sp³-hybridized carbons (Fsp3) is 0.364.